The molecule has 1 saturated carbocycles. The zero-order valence-electron chi connectivity index (χ0n) is 12.5. The standard InChI is InChI=1S/C17H25NO2/c1-3-10-18(13-6-7-13)16-9-5-12-4-8-14(20-2)11-15(12)17(16)19/h4,8,11,13,16-17,19H,3,5-7,9-10H2,1-2H3. The molecule has 0 amide bonds. The van der Waals surface area contributed by atoms with E-state index in [9.17, 15) is 5.11 Å². The monoisotopic (exact) mass is 275 g/mol. The summed E-state index contributed by atoms with van der Waals surface area (Å²) in [6.45, 7) is 3.33. The van der Waals surface area contributed by atoms with E-state index >= 15 is 0 Å². The van der Waals surface area contributed by atoms with Gasteiger partial charge in [-0.05, 0) is 61.9 Å². The Balaban J connectivity index is 1.84. The normalized spacial score (nSPS) is 25.6. The van der Waals surface area contributed by atoms with Crippen molar-refractivity contribution >= 4 is 0 Å². The number of rotatable bonds is 5. The van der Waals surface area contributed by atoms with Crippen LogP contribution in [0.3, 0.4) is 0 Å². The van der Waals surface area contributed by atoms with Crippen molar-refractivity contribution in [3.63, 3.8) is 0 Å². The van der Waals surface area contributed by atoms with Crippen molar-refractivity contribution in [3.05, 3.63) is 29.3 Å². The molecule has 0 aromatic heterocycles. The molecule has 3 heteroatoms. The molecule has 2 aliphatic rings. The van der Waals surface area contributed by atoms with Gasteiger partial charge in [0.05, 0.1) is 13.2 Å². The second-order valence-electron chi connectivity index (χ2n) is 6.08. The minimum absolute atomic E-state index is 0.280. The first-order valence-electron chi connectivity index (χ1n) is 7.85. The Hall–Kier alpha value is -1.06. The van der Waals surface area contributed by atoms with Crippen molar-refractivity contribution in [3.8, 4) is 5.75 Å². The van der Waals surface area contributed by atoms with Crippen molar-refractivity contribution in [2.45, 2.75) is 57.2 Å². The topological polar surface area (TPSA) is 32.7 Å². The Morgan fingerprint density at radius 3 is 2.75 bits per heavy atom. The summed E-state index contributed by atoms with van der Waals surface area (Å²) in [5.41, 5.74) is 2.35. The van der Waals surface area contributed by atoms with Crippen LogP contribution in [-0.2, 0) is 6.42 Å². The number of fused-ring (bicyclic) bond motifs is 1. The largest absolute Gasteiger partial charge is 0.497 e. The Morgan fingerprint density at radius 1 is 1.30 bits per heavy atom. The van der Waals surface area contributed by atoms with Crippen LogP contribution < -0.4 is 4.74 Å². The van der Waals surface area contributed by atoms with Gasteiger partial charge in [-0.25, -0.2) is 0 Å². The third-order valence-corrected chi connectivity index (χ3v) is 4.67. The van der Waals surface area contributed by atoms with Crippen LogP contribution in [0.15, 0.2) is 18.2 Å². The quantitative estimate of drug-likeness (QED) is 0.897. The lowest BCUT2D eigenvalue weighted by Gasteiger charge is -2.39. The molecule has 1 N–H and O–H groups in total. The van der Waals surface area contributed by atoms with Gasteiger partial charge in [-0.2, -0.15) is 0 Å². The number of aryl methyl sites for hydroxylation is 1. The molecule has 1 aromatic rings. The molecule has 2 unspecified atom stereocenters. The van der Waals surface area contributed by atoms with Crippen molar-refractivity contribution in [2.24, 2.45) is 0 Å². The van der Waals surface area contributed by atoms with Gasteiger partial charge < -0.3 is 9.84 Å². The van der Waals surface area contributed by atoms with Gasteiger partial charge in [0, 0.05) is 12.1 Å². The van der Waals surface area contributed by atoms with Crippen LogP contribution in [0.4, 0.5) is 0 Å². The van der Waals surface area contributed by atoms with Crippen LogP contribution in [0.2, 0.25) is 0 Å². The van der Waals surface area contributed by atoms with E-state index in [0.717, 1.165) is 37.1 Å². The van der Waals surface area contributed by atoms with Crippen molar-refractivity contribution in [1.29, 1.82) is 0 Å². The molecule has 0 bridgehead atoms. The average molecular weight is 275 g/mol. The summed E-state index contributed by atoms with van der Waals surface area (Å²) >= 11 is 0. The van der Waals surface area contributed by atoms with Gasteiger partial charge in [-0.3, -0.25) is 4.90 Å². The zero-order chi connectivity index (χ0) is 14.1. The van der Waals surface area contributed by atoms with Crippen LogP contribution in [0, 0.1) is 0 Å². The van der Waals surface area contributed by atoms with Crippen molar-refractivity contribution < 1.29 is 9.84 Å². The summed E-state index contributed by atoms with van der Waals surface area (Å²) in [5, 5.41) is 10.8. The molecular formula is C17H25NO2. The summed E-state index contributed by atoms with van der Waals surface area (Å²) in [6, 6.07) is 7.11. The van der Waals surface area contributed by atoms with Gasteiger partial charge in [-0.15, -0.1) is 0 Å². The third kappa shape index (κ3) is 2.57. The smallest absolute Gasteiger partial charge is 0.119 e. The summed E-state index contributed by atoms with van der Waals surface area (Å²) in [5.74, 6) is 0.844. The van der Waals surface area contributed by atoms with E-state index in [4.69, 9.17) is 4.74 Å². The predicted molar refractivity (Wildman–Crippen MR) is 80.1 cm³/mol. The van der Waals surface area contributed by atoms with Crippen LogP contribution in [0.1, 0.15) is 49.8 Å². The number of aliphatic hydroxyl groups is 1. The molecule has 0 spiro atoms. The lowest BCUT2D eigenvalue weighted by atomic mass is 9.84. The van der Waals surface area contributed by atoms with E-state index in [-0.39, 0.29) is 12.1 Å². The molecule has 0 heterocycles. The maximum Gasteiger partial charge on any atom is 0.119 e. The average Bonchev–Trinajstić information content (AvgIpc) is 3.30. The number of hydrogen-bond acceptors (Lipinski definition) is 3. The SMILES string of the molecule is CCCN(C1CC1)C1CCc2ccc(OC)cc2C1O. The van der Waals surface area contributed by atoms with E-state index in [1.807, 2.05) is 12.1 Å². The molecule has 0 saturated heterocycles. The van der Waals surface area contributed by atoms with E-state index < -0.39 is 0 Å². The predicted octanol–water partition coefficient (Wildman–Crippen LogP) is 2.92. The second-order valence-corrected chi connectivity index (χ2v) is 6.08. The van der Waals surface area contributed by atoms with Gasteiger partial charge in [0.2, 0.25) is 0 Å². The fourth-order valence-corrected chi connectivity index (χ4v) is 3.50. The lowest BCUT2D eigenvalue weighted by molar-refractivity contribution is 0.0309. The number of hydrogen-bond donors (Lipinski definition) is 1. The van der Waals surface area contributed by atoms with E-state index in [1.54, 1.807) is 7.11 Å². The molecule has 0 radical (unpaired) electrons. The van der Waals surface area contributed by atoms with Gasteiger partial charge in [-0.1, -0.05) is 13.0 Å². The highest BCUT2D eigenvalue weighted by atomic mass is 16.5. The molecule has 2 atom stereocenters. The first-order chi connectivity index (χ1) is 9.74. The molecule has 110 valence electrons. The van der Waals surface area contributed by atoms with Crippen molar-refractivity contribution in [2.75, 3.05) is 13.7 Å². The Morgan fingerprint density at radius 2 is 2.10 bits per heavy atom. The minimum atomic E-state index is -0.374. The number of benzene rings is 1. The minimum Gasteiger partial charge on any atom is -0.497 e. The first-order valence-corrected chi connectivity index (χ1v) is 7.85. The van der Waals surface area contributed by atoms with Crippen LogP contribution >= 0.6 is 0 Å². The number of methoxy groups -OCH3 is 1. The molecule has 2 aliphatic carbocycles. The highest BCUT2D eigenvalue weighted by molar-refractivity contribution is 5.39. The van der Waals surface area contributed by atoms with Crippen molar-refractivity contribution in [1.82, 2.24) is 4.90 Å². The fourth-order valence-electron chi connectivity index (χ4n) is 3.50. The Bertz CT molecular complexity index is 470. The van der Waals surface area contributed by atoms with Gasteiger partial charge in [0.1, 0.15) is 5.75 Å². The molecule has 20 heavy (non-hydrogen) atoms. The Kier molecular flexibility index (Phi) is 3.99. The first kappa shape index (κ1) is 13.9. The van der Waals surface area contributed by atoms with Gasteiger partial charge in [0.25, 0.3) is 0 Å². The summed E-state index contributed by atoms with van der Waals surface area (Å²) < 4.78 is 5.31. The third-order valence-electron chi connectivity index (χ3n) is 4.67. The lowest BCUT2D eigenvalue weighted by Crippen LogP contribution is -2.44. The number of ether oxygens (including phenoxy) is 1. The second kappa shape index (κ2) is 5.74. The van der Waals surface area contributed by atoms with E-state index in [0.29, 0.717) is 6.04 Å². The molecule has 1 fully saturated rings. The van der Waals surface area contributed by atoms with Crippen LogP contribution in [0.25, 0.3) is 0 Å². The summed E-state index contributed by atoms with van der Waals surface area (Å²) in [4.78, 5) is 2.55. The van der Waals surface area contributed by atoms with Crippen LogP contribution in [-0.4, -0.2) is 35.7 Å². The fraction of sp³-hybridized carbons (Fsp3) is 0.647. The molecule has 3 nitrogen and oxygen atoms in total. The molecule has 1 aromatic carbocycles. The van der Waals surface area contributed by atoms with E-state index in [1.165, 1.54) is 18.4 Å². The molecule has 0 aliphatic heterocycles. The number of aliphatic hydroxyl groups excluding tert-OH is 1. The van der Waals surface area contributed by atoms with Crippen LogP contribution in [0.5, 0.6) is 5.75 Å². The number of nitrogens with zero attached hydrogens (tertiary/aromatic N) is 1. The molecule has 3 rings (SSSR count). The van der Waals surface area contributed by atoms with E-state index in [2.05, 4.69) is 17.9 Å². The molecular weight excluding hydrogens is 250 g/mol. The van der Waals surface area contributed by atoms with Gasteiger partial charge >= 0.3 is 0 Å². The maximum atomic E-state index is 10.8. The Labute approximate surface area is 121 Å². The highest BCUT2D eigenvalue weighted by Gasteiger charge is 2.39. The highest BCUT2D eigenvalue weighted by Crippen LogP contribution is 2.39. The summed E-state index contributed by atoms with van der Waals surface area (Å²) in [7, 11) is 1.68. The summed E-state index contributed by atoms with van der Waals surface area (Å²) in [6.07, 6.45) is 5.51. The zero-order valence-corrected chi connectivity index (χ0v) is 12.5. The maximum absolute atomic E-state index is 10.8. The van der Waals surface area contributed by atoms with Gasteiger partial charge in [0.15, 0.2) is 0 Å².